The zero-order valence-corrected chi connectivity index (χ0v) is 16.1. The van der Waals surface area contributed by atoms with Crippen molar-refractivity contribution in [3.63, 3.8) is 0 Å². The molecule has 140 valence electrons. The van der Waals surface area contributed by atoms with E-state index in [9.17, 15) is 12.8 Å². The Bertz CT molecular complexity index is 1090. The zero-order valence-electron chi connectivity index (χ0n) is 14.6. The summed E-state index contributed by atoms with van der Waals surface area (Å²) < 4.78 is 40.7. The Morgan fingerprint density at radius 1 is 1.15 bits per heavy atom. The molecule has 0 unspecified atom stereocenters. The first-order chi connectivity index (χ1) is 12.8. The van der Waals surface area contributed by atoms with Gasteiger partial charge in [0.2, 0.25) is 0 Å². The third kappa shape index (κ3) is 4.06. The van der Waals surface area contributed by atoms with Gasteiger partial charge in [0, 0.05) is 17.3 Å². The van der Waals surface area contributed by atoms with Gasteiger partial charge in [0.25, 0.3) is 10.0 Å². The van der Waals surface area contributed by atoms with E-state index < -0.39 is 15.8 Å². The molecule has 2 aromatic heterocycles. The monoisotopic (exact) mass is 406 g/mol. The summed E-state index contributed by atoms with van der Waals surface area (Å²) in [7, 11) is -3.90. The summed E-state index contributed by atoms with van der Waals surface area (Å²) in [5.41, 5.74) is 2.71. The number of hydrogen-bond donors (Lipinski definition) is 1. The first kappa shape index (κ1) is 19.2. The van der Waals surface area contributed by atoms with E-state index in [4.69, 9.17) is 11.6 Å². The summed E-state index contributed by atoms with van der Waals surface area (Å²) >= 11 is 6.23. The Balaban J connectivity index is 2.03. The number of aromatic nitrogens is 3. The van der Waals surface area contributed by atoms with E-state index in [1.54, 1.807) is 19.2 Å². The number of sulfonamides is 1. The van der Waals surface area contributed by atoms with Gasteiger partial charge in [-0.25, -0.2) is 22.8 Å². The topological polar surface area (TPSA) is 84.8 Å². The van der Waals surface area contributed by atoms with Crippen LogP contribution in [0.2, 0.25) is 5.15 Å². The van der Waals surface area contributed by atoms with Crippen LogP contribution in [-0.2, 0) is 16.4 Å². The lowest BCUT2D eigenvalue weighted by molar-refractivity contribution is 0.599. The van der Waals surface area contributed by atoms with Crippen molar-refractivity contribution in [2.24, 2.45) is 0 Å². The zero-order chi connectivity index (χ0) is 19.6. The van der Waals surface area contributed by atoms with Crippen molar-refractivity contribution in [2.75, 3.05) is 4.72 Å². The van der Waals surface area contributed by atoms with Gasteiger partial charge in [0.05, 0.1) is 22.0 Å². The molecule has 0 aliphatic heterocycles. The largest absolute Gasteiger partial charge is 0.278 e. The predicted octanol–water partition coefficient (Wildman–Crippen LogP) is 4.00. The fraction of sp³-hybridized carbons (Fsp3) is 0.167. The fourth-order valence-corrected chi connectivity index (χ4v) is 3.91. The van der Waals surface area contributed by atoms with Gasteiger partial charge in [0.15, 0.2) is 0 Å². The van der Waals surface area contributed by atoms with Gasteiger partial charge < -0.3 is 0 Å². The van der Waals surface area contributed by atoms with Crippen molar-refractivity contribution in [1.82, 2.24) is 15.0 Å². The van der Waals surface area contributed by atoms with Gasteiger partial charge in [-0.15, -0.1) is 0 Å². The predicted molar refractivity (Wildman–Crippen MR) is 102 cm³/mol. The second-order valence-electron chi connectivity index (χ2n) is 5.76. The average molecular weight is 407 g/mol. The number of pyridine rings is 1. The lowest BCUT2D eigenvalue weighted by Gasteiger charge is -2.13. The average Bonchev–Trinajstić information content (AvgIpc) is 2.63. The molecule has 1 aromatic carbocycles. The van der Waals surface area contributed by atoms with Crippen molar-refractivity contribution in [2.45, 2.75) is 25.2 Å². The van der Waals surface area contributed by atoms with Crippen LogP contribution in [0.5, 0.6) is 0 Å². The Morgan fingerprint density at radius 3 is 2.52 bits per heavy atom. The van der Waals surface area contributed by atoms with Crippen molar-refractivity contribution in [1.29, 1.82) is 0 Å². The van der Waals surface area contributed by atoms with Crippen LogP contribution in [0, 0.1) is 12.7 Å². The number of halogens is 2. The molecule has 0 saturated carbocycles. The van der Waals surface area contributed by atoms with Crippen molar-refractivity contribution >= 4 is 27.3 Å². The minimum absolute atomic E-state index is 0.0518. The lowest BCUT2D eigenvalue weighted by atomic mass is 10.1. The van der Waals surface area contributed by atoms with Crippen molar-refractivity contribution < 1.29 is 12.8 Å². The minimum atomic E-state index is -3.90. The number of anilines is 1. The molecular weight excluding hydrogens is 391 g/mol. The Kier molecular flexibility index (Phi) is 5.38. The number of nitrogens with zero attached hydrogens (tertiary/aromatic N) is 3. The second-order valence-corrected chi connectivity index (χ2v) is 7.80. The maximum absolute atomic E-state index is 13.1. The number of rotatable bonds is 5. The SMILES string of the molecule is CCc1ncnc(Cl)c1-c1cnc(C)c(NS(=O)(=O)c2ccc(F)cc2)c1. The van der Waals surface area contributed by atoms with Gasteiger partial charge in [-0.1, -0.05) is 18.5 Å². The first-order valence-corrected chi connectivity index (χ1v) is 9.92. The molecule has 0 spiro atoms. The Hall–Kier alpha value is -2.58. The molecule has 3 aromatic rings. The van der Waals surface area contributed by atoms with Gasteiger partial charge in [0.1, 0.15) is 17.3 Å². The van der Waals surface area contributed by atoms with Gasteiger partial charge in [-0.3, -0.25) is 9.71 Å². The molecule has 0 saturated heterocycles. The molecule has 0 aliphatic carbocycles. The maximum Gasteiger partial charge on any atom is 0.261 e. The normalized spacial score (nSPS) is 11.4. The number of nitrogens with one attached hydrogen (secondary N) is 1. The van der Waals surface area contributed by atoms with Crippen LogP contribution >= 0.6 is 11.6 Å². The standard InChI is InChI=1S/C18H16ClFN4O2S/c1-3-15-17(18(19)23-10-22-15)12-8-16(11(2)21-9-12)24-27(25,26)14-6-4-13(20)5-7-14/h4-10,24H,3H2,1-2H3. The molecule has 6 nitrogen and oxygen atoms in total. The van der Waals surface area contributed by atoms with Crippen LogP contribution in [0.25, 0.3) is 11.1 Å². The number of aryl methyl sites for hydroxylation is 2. The van der Waals surface area contributed by atoms with Gasteiger partial charge in [-0.05, 0) is 43.7 Å². The Morgan fingerprint density at radius 2 is 1.85 bits per heavy atom. The van der Waals surface area contributed by atoms with Crippen LogP contribution < -0.4 is 4.72 Å². The summed E-state index contributed by atoms with van der Waals surface area (Å²) in [5, 5.41) is 0.264. The van der Waals surface area contributed by atoms with Gasteiger partial charge >= 0.3 is 0 Å². The van der Waals surface area contributed by atoms with E-state index in [2.05, 4.69) is 19.7 Å². The molecular formula is C18H16ClFN4O2S. The van der Waals surface area contributed by atoms with Crippen LogP contribution in [-0.4, -0.2) is 23.4 Å². The summed E-state index contributed by atoms with van der Waals surface area (Å²) in [6.07, 6.45) is 3.60. The smallest absolute Gasteiger partial charge is 0.261 e. The van der Waals surface area contributed by atoms with Crippen LogP contribution in [0.15, 0.2) is 47.8 Å². The van der Waals surface area contributed by atoms with Crippen molar-refractivity contribution in [3.8, 4) is 11.1 Å². The summed E-state index contributed by atoms with van der Waals surface area (Å²) in [5.74, 6) is -0.514. The highest BCUT2D eigenvalue weighted by molar-refractivity contribution is 7.92. The van der Waals surface area contributed by atoms with E-state index in [0.29, 0.717) is 28.9 Å². The molecule has 0 fully saturated rings. The fourth-order valence-electron chi connectivity index (χ4n) is 2.54. The summed E-state index contributed by atoms with van der Waals surface area (Å²) in [6.45, 7) is 3.61. The molecule has 0 bridgehead atoms. The van der Waals surface area contributed by atoms with Crippen LogP contribution in [0.3, 0.4) is 0 Å². The van der Waals surface area contributed by atoms with E-state index in [-0.39, 0.29) is 10.0 Å². The van der Waals surface area contributed by atoms with Gasteiger partial charge in [-0.2, -0.15) is 0 Å². The molecule has 2 heterocycles. The van der Waals surface area contributed by atoms with E-state index in [1.165, 1.54) is 18.5 Å². The molecule has 0 aliphatic rings. The highest BCUT2D eigenvalue weighted by Gasteiger charge is 2.18. The number of benzene rings is 1. The molecule has 0 radical (unpaired) electrons. The highest BCUT2D eigenvalue weighted by Crippen LogP contribution is 2.31. The second kappa shape index (κ2) is 7.58. The lowest BCUT2D eigenvalue weighted by Crippen LogP contribution is -2.14. The number of hydrogen-bond acceptors (Lipinski definition) is 5. The highest BCUT2D eigenvalue weighted by atomic mass is 35.5. The third-order valence-corrected chi connectivity index (χ3v) is 5.63. The molecule has 9 heteroatoms. The summed E-state index contributed by atoms with van der Waals surface area (Å²) in [6, 6.07) is 6.20. The molecule has 1 N–H and O–H groups in total. The molecule has 3 rings (SSSR count). The quantitative estimate of drug-likeness (QED) is 0.647. The van der Waals surface area contributed by atoms with Crippen molar-refractivity contribution in [3.05, 3.63) is 65.2 Å². The van der Waals surface area contributed by atoms with Crippen LogP contribution in [0.1, 0.15) is 18.3 Å². The summed E-state index contributed by atoms with van der Waals surface area (Å²) in [4.78, 5) is 12.4. The minimum Gasteiger partial charge on any atom is -0.278 e. The first-order valence-electron chi connectivity index (χ1n) is 8.06. The Labute approximate surface area is 161 Å². The third-order valence-electron chi connectivity index (χ3n) is 3.96. The van der Waals surface area contributed by atoms with E-state index >= 15 is 0 Å². The van der Waals surface area contributed by atoms with E-state index in [0.717, 1.165) is 17.8 Å². The maximum atomic E-state index is 13.1. The molecule has 27 heavy (non-hydrogen) atoms. The molecule has 0 atom stereocenters. The molecule has 0 amide bonds. The van der Waals surface area contributed by atoms with E-state index in [1.807, 2.05) is 6.92 Å². The van der Waals surface area contributed by atoms with Crippen LogP contribution in [0.4, 0.5) is 10.1 Å².